The fraction of sp³-hybridized carbons (Fsp3) is 0.235. The smallest absolute Gasteiger partial charge is 0.361 e. The van der Waals surface area contributed by atoms with Gasteiger partial charge in [0.15, 0.2) is 0 Å². The summed E-state index contributed by atoms with van der Waals surface area (Å²) in [6.45, 7) is 1.37. The van der Waals surface area contributed by atoms with E-state index in [1.807, 2.05) is 0 Å². The zero-order valence-electron chi connectivity index (χ0n) is 14.9. The molecule has 10 nitrogen and oxygen atoms in total. The van der Waals surface area contributed by atoms with Gasteiger partial charge in [-0.2, -0.15) is 0 Å². The van der Waals surface area contributed by atoms with Crippen LogP contribution < -0.4 is 15.6 Å². The molecule has 146 valence electrons. The first-order valence-electron chi connectivity index (χ1n) is 8.10. The molecular formula is C17H15ClN4O6. The Hall–Kier alpha value is -3.40. The van der Waals surface area contributed by atoms with Crippen LogP contribution in [0.1, 0.15) is 17.4 Å². The van der Waals surface area contributed by atoms with Crippen molar-refractivity contribution in [1.82, 2.24) is 14.7 Å². The summed E-state index contributed by atoms with van der Waals surface area (Å²) < 4.78 is 15.8. The van der Waals surface area contributed by atoms with E-state index in [9.17, 15) is 14.4 Å². The highest BCUT2D eigenvalue weighted by Crippen LogP contribution is 2.27. The van der Waals surface area contributed by atoms with E-state index in [4.69, 9.17) is 25.6 Å². The second-order valence-electron chi connectivity index (χ2n) is 5.51. The van der Waals surface area contributed by atoms with E-state index in [-0.39, 0.29) is 29.9 Å². The number of hydrogen-bond acceptors (Lipinski definition) is 8. The third kappa shape index (κ3) is 3.81. The number of nitrogens with one attached hydrogen (secondary N) is 1. The lowest BCUT2D eigenvalue weighted by Crippen LogP contribution is -2.28. The van der Waals surface area contributed by atoms with E-state index < -0.39 is 17.4 Å². The summed E-state index contributed by atoms with van der Waals surface area (Å²) in [7, 11) is 1.48. The number of benzene rings is 1. The van der Waals surface area contributed by atoms with Gasteiger partial charge in [-0.3, -0.25) is 14.2 Å². The molecule has 2 heterocycles. The third-order valence-electron chi connectivity index (χ3n) is 3.68. The van der Waals surface area contributed by atoms with Crippen LogP contribution in [0.2, 0.25) is 5.02 Å². The van der Waals surface area contributed by atoms with Crippen LogP contribution in [0.3, 0.4) is 0 Å². The number of fused-ring (bicyclic) bond motifs is 1. The molecule has 28 heavy (non-hydrogen) atoms. The normalized spacial score (nSPS) is 10.7. The van der Waals surface area contributed by atoms with Crippen molar-refractivity contribution in [2.75, 3.05) is 19.0 Å². The molecular weight excluding hydrogens is 392 g/mol. The first-order valence-corrected chi connectivity index (χ1v) is 8.47. The maximum absolute atomic E-state index is 12.6. The molecule has 2 aromatic heterocycles. The summed E-state index contributed by atoms with van der Waals surface area (Å²) in [5.74, 6) is -0.849. The van der Waals surface area contributed by atoms with Gasteiger partial charge in [0.25, 0.3) is 11.3 Å². The van der Waals surface area contributed by atoms with Crippen LogP contribution in [0.5, 0.6) is 5.75 Å². The molecule has 11 heteroatoms. The van der Waals surface area contributed by atoms with Gasteiger partial charge in [0.2, 0.25) is 11.6 Å². The molecule has 0 saturated heterocycles. The van der Waals surface area contributed by atoms with Gasteiger partial charge in [0.05, 0.1) is 18.7 Å². The second-order valence-corrected chi connectivity index (χ2v) is 5.91. The van der Waals surface area contributed by atoms with Gasteiger partial charge in [0, 0.05) is 5.69 Å². The lowest BCUT2D eigenvalue weighted by atomic mass is 10.3. The summed E-state index contributed by atoms with van der Waals surface area (Å²) in [5.41, 5.74) is -0.634. The van der Waals surface area contributed by atoms with Crippen molar-refractivity contribution in [3.05, 3.63) is 45.6 Å². The minimum absolute atomic E-state index is 0.106. The summed E-state index contributed by atoms with van der Waals surface area (Å²) in [6, 6.07) is 4.72. The first kappa shape index (κ1) is 19.4. The highest BCUT2D eigenvalue weighted by Gasteiger charge is 2.22. The number of ether oxygens (including phenoxy) is 2. The molecule has 0 fully saturated rings. The lowest BCUT2D eigenvalue weighted by Gasteiger charge is -2.09. The van der Waals surface area contributed by atoms with Gasteiger partial charge in [-0.1, -0.05) is 16.8 Å². The number of halogens is 1. The van der Waals surface area contributed by atoms with Crippen molar-refractivity contribution in [3.8, 4) is 5.75 Å². The van der Waals surface area contributed by atoms with Crippen molar-refractivity contribution in [2.45, 2.75) is 13.5 Å². The van der Waals surface area contributed by atoms with Crippen LogP contribution >= 0.6 is 11.6 Å². The number of carbonyl (C=O) groups is 2. The largest absolute Gasteiger partial charge is 0.495 e. The van der Waals surface area contributed by atoms with E-state index in [1.165, 1.54) is 13.2 Å². The molecule has 3 rings (SSSR count). The molecule has 0 bridgehead atoms. The second kappa shape index (κ2) is 8.09. The average molecular weight is 407 g/mol. The van der Waals surface area contributed by atoms with E-state index in [0.29, 0.717) is 16.5 Å². The molecule has 0 saturated carbocycles. The quantitative estimate of drug-likeness (QED) is 0.615. The zero-order chi connectivity index (χ0) is 20.3. The van der Waals surface area contributed by atoms with Gasteiger partial charge >= 0.3 is 5.97 Å². The molecule has 0 aliphatic heterocycles. The highest BCUT2D eigenvalue weighted by molar-refractivity contribution is 6.32. The first-order chi connectivity index (χ1) is 13.4. The van der Waals surface area contributed by atoms with Crippen molar-refractivity contribution >= 4 is 40.3 Å². The molecule has 0 aliphatic carbocycles. The van der Waals surface area contributed by atoms with E-state index >= 15 is 0 Å². The minimum Gasteiger partial charge on any atom is -0.495 e. The van der Waals surface area contributed by atoms with Gasteiger partial charge in [-0.05, 0) is 25.1 Å². The van der Waals surface area contributed by atoms with Crippen LogP contribution in [-0.2, 0) is 16.1 Å². The Morgan fingerprint density at radius 1 is 1.36 bits per heavy atom. The van der Waals surface area contributed by atoms with Crippen LogP contribution in [0.15, 0.2) is 33.8 Å². The van der Waals surface area contributed by atoms with Crippen molar-refractivity contribution < 1.29 is 23.6 Å². The fourth-order valence-electron chi connectivity index (χ4n) is 2.43. The maximum atomic E-state index is 12.6. The number of methoxy groups -OCH3 is 1. The predicted octanol–water partition coefficient (Wildman–Crippen LogP) is 1.86. The number of carbonyl (C=O) groups excluding carboxylic acids is 2. The SMILES string of the molecule is CCOC(=O)c1noc2ncn(CC(=O)Nc3ccc(OC)c(Cl)c3)c(=O)c12. The number of esters is 1. The summed E-state index contributed by atoms with van der Waals surface area (Å²) in [4.78, 5) is 40.8. The Kier molecular flexibility index (Phi) is 5.59. The monoisotopic (exact) mass is 406 g/mol. The molecule has 1 N–H and O–H groups in total. The molecule has 0 spiro atoms. The molecule has 0 atom stereocenters. The number of aromatic nitrogens is 3. The molecule has 0 aliphatic rings. The Labute approximate surface area is 163 Å². The van der Waals surface area contributed by atoms with Gasteiger partial charge < -0.3 is 19.3 Å². The predicted molar refractivity (Wildman–Crippen MR) is 98.7 cm³/mol. The Morgan fingerprint density at radius 3 is 2.82 bits per heavy atom. The van der Waals surface area contributed by atoms with Crippen molar-refractivity contribution in [3.63, 3.8) is 0 Å². The Morgan fingerprint density at radius 2 is 2.14 bits per heavy atom. The number of hydrogen-bond donors (Lipinski definition) is 1. The Balaban J connectivity index is 1.84. The van der Waals surface area contributed by atoms with Crippen molar-refractivity contribution in [1.29, 1.82) is 0 Å². The molecule has 3 aromatic rings. The van der Waals surface area contributed by atoms with Crippen LogP contribution in [0.4, 0.5) is 5.69 Å². The number of amides is 1. The van der Waals surface area contributed by atoms with Crippen molar-refractivity contribution in [2.24, 2.45) is 0 Å². The maximum Gasteiger partial charge on any atom is 0.361 e. The molecule has 1 amide bonds. The number of anilines is 1. The van der Waals surface area contributed by atoms with Crippen LogP contribution in [0, 0.1) is 0 Å². The van der Waals surface area contributed by atoms with Gasteiger partial charge in [-0.25, -0.2) is 9.78 Å². The average Bonchev–Trinajstić information content (AvgIpc) is 3.09. The topological polar surface area (TPSA) is 126 Å². The molecule has 0 radical (unpaired) electrons. The lowest BCUT2D eigenvalue weighted by molar-refractivity contribution is -0.116. The van der Waals surface area contributed by atoms with E-state index in [0.717, 1.165) is 10.9 Å². The summed E-state index contributed by atoms with van der Waals surface area (Å²) in [6.07, 6.45) is 1.13. The standard InChI is InChI=1S/C17H15ClN4O6/c1-3-27-17(25)14-13-15(28-21-14)19-8-22(16(13)24)7-12(23)20-9-4-5-11(26-2)10(18)6-9/h4-6,8H,3,7H2,1-2H3,(H,20,23). The molecule has 1 aromatic carbocycles. The Bertz CT molecular complexity index is 1110. The third-order valence-corrected chi connectivity index (χ3v) is 3.98. The summed E-state index contributed by atoms with van der Waals surface area (Å²) >= 11 is 6.02. The zero-order valence-corrected chi connectivity index (χ0v) is 15.6. The van der Waals surface area contributed by atoms with Crippen LogP contribution in [0.25, 0.3) is 11.1 Å². The van der Waals surface area contributed by atoms with E-state index in [1.54, 1.807) is 19.1 Å². The highest BCUT2D eigenvalue weighted by atomic mass is 35.5. The van der Waals surface area contributed by atoms with E-state index in [2.05, 4.69) is 15.5 Å². The minimum atomic E-state index is -0.810. The fourth-order valence-corrected chi connectivity index (χ4v) is 2.69. The summed E-state index contributed by atoms with van der Waals surface area (Å²) in [5, 5.41) is 6.32. The number of nitrogens with zero attached hydrogens (tertiary/aromatic N) is 3. The number of rotatable bonds is 6. The molecule has 0 unspecified atom stereocenters. The van der Waals surface area contributed by atoms with Gasteiger partial charge in [-0.15, -0.1) is 0 Å². The van der Waals surface area contributed by atoms with Gasteiger partial charge in [0.1, 0.15) is 24.0 Å². The van der Waals surface area contributed by atoms with Crippen LogP contribution in [-0.4, -0.2) is 40.3 Å².